The van der Waals surface area contributed by atoms with Crippen molar-refractivity contribution in [2.45, 2.75) is 19.4 Å². The van der Waals surface area contributed by atoms with Gasteiger partial charge in [-0.05, 0) is 53.9 Å². The second-order valence-corrected chi connectivity index (χ2v) is 6.53. The molecule has 0 fully saturated rings. The average molecular weight is 389 g/mol. The van der Waals surface area contributed by atoms with E-state index in [-0.39, 0.29) is 18.5 Å². The van der Waals surface area contributed by atoms with Crippen LogP contribution in [0.3, 0.4) is 0 Å². The summed E-state index contributed by atoms with van der Waals surface area (Å²) in [6.45, 7) is 0.183. The van der Waals surface area contributed by atoms with Crippen molar-refractivity contribution in [1.29, 1.82) is 0 Å². The first-order valence-electron chi connectivity index (χ1n) is 9.38. The molecule has 3 rings (SSSR count). The first-order chi connectivity index (χ1) is 14.1. The van der Waals surface area contributed by atoms with Gasteiger partial charge in [0.2, 0.25) is 0 Å². The molecule has 5 heteroatoms. The molecule has 0 atom stereocenters. The molecule has 5 nitrogen and oxygen atoms in total. The van der Waals surface area contributed by atoms with Crippen LogP contribution in [0, 0.1) is 0 Å². The van der Waals surface area contributed by atoms with Crippen molar-refractivity contribution in [3.05, 3.63) is 95.6 Å². The standard InChI is InChI=1S/C24H23NO4/c1-28-22-14-9-18(10-15-22)11-16-23(26)29-17-19-7-12-20(13-8-19)24(27)25-21-5-3-2-4-6-21/h2-10,12-15H,11,16-17H2,1H3,(H,25,27). The number of nitrogens with one attached hydrogen (secondary N) is 1. The van der Waals surface area contributed by atoms with Crippen LogP contribution in [0.2, 0.25) is 0 Å². The topological polar surface area (TPSA) is 64.6 Å². The molecule has 0 aliphatic carbocycles. The number of methoxy groups -OCH3 is 1. The first-order valence-corrected chi connectivity index (χ1v) is 9.38. The lowest BCUT2D eigenvalue weighted by Crippen LogP contribution is -2.12. The highest BCUT2D eigenvalue weighted by Crippen LogP contribution is 2.14. The van der Waals surface area contributed by atoms with Crippen LogP contribution in [-0.4, -0.2) is 19.0 Å². The molecule has 29 heavy (non-hydrogen) atoms. The van der Waals surface area contributed by atoms with E-state index in [0.29, 0.717) is 18.4 Å². The van der Waals surface area contributed by atoms with Crippen molar-refractivity contribution >= 4 is 17.6 Å². The summed E-state index contributed by atoms with van der Waals surface area (Å²) in [6, 6.07) is 23.9. The van der Waals surface area contributed by atoms with Gasteiger partial charge in [-0.1, -0.05) is 42.5 Å². The Morgan fingerprint density at radius 3 is 2.14 bits per heavy atom. The molecule has 0 aliphatic rings. The fourth-order valence-corrected chi connectivity index (χ4v) is 2.75. The van der Waals surface area contributed by atoms with Crippen LogP contribution in [0.25, 0.3) is 0 Å². The zero-order chi connectivity index (χ0) is 20.5. The molecule has 0 saturated heterocycles. The minimum atomic E-state index is -0.258. The summed E-state index contributed by atoms with van der Waals surface area (Å²) < 4.78 is 10.4. The number of hydrogen-bond acceptors (Lipinski definition) is 4. The number of para-hydroxylation sites is 1. The Hall–Kier alpha value is -3.60. The summed E-state index contributed by atoms with van der Waals surface area (Å²) in [5.74, 6) is 0.350. The predicted octanol–water partition coefficient (Wildman–Crippen LogP) is 4.62. The number of ether oxygens (including phenoxy) is 2. The van der Waals surface area contributed by atoms with Gasteiger partial charge in [0.1, 0.15) is 12.4 Å². The van der Waals surface area contributed by atoms with Crippen LogP contribution in [0.5, 0.6) is 5.75 Å². The van der Waals surface area contributed by atoms with Gasteiger partial charge in [-0.2, -0.15) is 0 Å². The van der Waals surface area contributed by atoms with Crippen LogP contribution >= 0.6 is 0 Å². The number of anilines is 1. The van der Waals surface area contributed by atoms with E-state index in [0.717, 1.165) is 22.6 Å². The maximum absolute atomic E-state index is 12.2. The Morgan fingerprint density at radius 1 is 0.828 bits per heavy atom. The number of esters is 1. The predicted molar refractivity (Wildman–Crippen MR) is 112 cm³/mol. The van der Waals surface area contributed by atoms with Gasteiger partial charge in [-0.25, -0.2) is 0 Å². The van der Waals surface area contributed by atoms with Gasteiger partial charge < -0.3 is 14.8 Å². The number of benzene rings is 3. The number of aryl methyl sites for hydroxylation is 1. The smallest absolute Gasteiger partial charge is 0.306 e. The quantitative estimate of drug-likeness (QED) is 0.571. The Morgan fingerprint density at radius 2 is 1.48 bits per heavy atom. The average Bonchev–Trinajstić information content (AvgIpc) is 2.77. The summed E-state index contributed by atoms with van der Waals surface area (Å²) in [6.07, 6.45) is 0.922. The molecule has 0 saturated carbocycles. The lowest BCUT2D eigenvalue weighted by atomic mass is 10.1. The van der Waals surface area contributed by atoms with Gasteiger partial charge in [0.15, 0.2) is 0 Å². The van der Waals surface area contributed by atoms with E-state index in [1.54, 1.807) is 31.4 Å². The third kappa shape index (κ3) is 6.21. The van der Waals surface area contributed by atoms with Gasteiger partial charge in [-0.15, -0.1) is 0 Å². The van der Waals surface area contributed by atoms with E-state index in [4.69, 9.17) is 9.47 Å². The van der Waals surface area contributed by atoms with Crippen LogP contribution in [-0.2, 0) is 22.6 Å². The highest BCUT2D eigenvalue weighted by Gasteiger charge is 2.08. The third-order valence-electron chi connectivity index (χ3n) is 4.42. The van der Waals surface area contributed by atoms with Crippen molar-refractivity contribution < 1.29 is 19.1 Å². The van der Waals surface area contributed by atoms with Crippen molar-refractivity contribution in [3.63, 3.8) is 0 Å². The summed E-state index contributed by atoms with van der Waals surface area (Å²) >= 11 is 0. The number of amides is 1. The number of carbonyl (C=O) groups is 2. The molecule has 0 aromatic heterocycles. The molecule has 1 amide bonds. The molecule has 148 valence electrons. The SMILES string of the molecule is COc1ccc(CCC(=O)OCc2ccc(C(=O)Nc3ccccc3)cc2)cc1. The summed E-state index contributed by atoms with van der Waals surface area (Å²) in [5.41, 5.74) is 3.17. The largest absolute Gasteiger partial charge is 0.497 e. The monoisotopic (exact) mass is 389 g/mol. The highest BCUT2D eigenvalue weighted by molar-refractivity contribution is 6.04. The van der Waals surface area contributed by atoms with Gasteiger partial charge in [0, 0.05) is 17.7 Å². The van der Waals surface area contributed by atoms with E-state index in [1.165, 1.54) is 0 Å². The summed E-state index contributed by atoms with van der Waals surface area (Å²) in [5, 5.41) is 2.84. The van der Waals surface area contributed by atoms with Gasteiger partial charge in [0.05, 0.1) is 7.11 Å². The molecule has 3 aromatic rings. The number of hydrogen-bond donors (Lipinski definition) is 1. The molecule has 0 bridgehead atoms. The summed E-state index contributed by atoms with van der Waals surface area (Å²) in [7, 11) is 1.62. The van der Waals surface area contributed by atoms with E-state index in [1.807, 2.05) is 54.6 Å². The molecule has 1 N–H and O–H groups in total. The zero-order valence-electron chi connectivity index (χ0n) is 16.3. The van der Waals surface area contributed by atoms with Crippen LogP contribution in [0.4, 0.5) is 5.69 Å². The fraction of sp³-hybridized carbons (Fsp3) is 0.167. The summed E-state index contributed by atoms with van der Waals surface area (Å²) in [4.78, 5) is 24.2. The van der Waals surface area contributed by atoms with Crippen LogP contribution in [0.15, 0.2) is 78.9 Å². The molecule has 0 unspecified atom stereocenters. The van der Waals surface area contributed by atoms with E-state index < -0.39 is 0 Å². The maximum atomic E-state index is 12.2. The zero-order valence-corrected chi connectivity index (χ0v) is 16.3. The minimum absolute atomic E-state index is 0.181. The molecule has 0 aliphatic heterocycles. The lowest BCUT2D eigenvalue weighted by Gasteiger charge is -2.08. The molecular formula is C24H23NO4. The van der Waals surface area contributed by atoms with Crippen LogP contribution in [0.1, 0.15) is 27.9 Å². The number of carbonyl (C=O) groups excluding carboxylic acids is 2. The van der Waals surface area contributed by atoms with E-state index in [9.17, 15) is 9.59 Å². The highest BCUT2D eigenvalue weighted by atomic mass is 16.5. The Bertz CT molecular complexity index is 935. The molecule has 0 radical (unpaired) electrons. The van der Waals surface area contributed by atoms with Gasteiger partial charge in [0.25, 0.3) is 5.91 Å². The lowest BCUT2D eigenvalue weighted by molar-refractivity contribution is -0.144. The van der Waals surface area contributed by atoms with Crippen molar-refractivity contribution in [1.82, 2.24) is 0 Å². The maximum Gasteiger partial charge on any atom is 0.306 e. The normalized spacial score (nSPS) is 10.2. The molecule has 3 aromatic carbocycles. The molecule has 0 heterocycles. The van der Waals surface area contributed by atoms with E-state index in [2.05, 4.69) is 5.32 Å². The van der Waals surface area contributed by atoms with Crippen molar-refractivity contribution in [3.8, 4) is 5.75 Å². The van der Waals surface area contributed by atoms with E-state index >= 15 is 0 Å². The molecule has 0 spiro atoms. The van der Waals surface area contributed by atoms with Crippen molar-refractivity contribution in [2.24, 2.45) is 0 Å². The molecular weight excluding hydrogens is 366 g/mol. The Kier molecular flexibility index (Phi) is 7.00. The van der Waals surface area contributed by atoms with Gasteiger partial charge >= 0.3 is 5.97 Å². The minimum Gasteiger partial charge on any atom is -0.497 e. The van der Waals surface area contributed by atoms with Gasteiger partial charge in [-0.3, -0.25) is 9.59 Å². The first kappa shape index (κ1) is 20.1. The second-order valence-electron chi connectivity index (χ2n) is 6.53. The fourth-order valence-electron chi connectivity index (χ4n) is 2.75. The second kappa shape index (κ2) is 10.1. The Labute approximate surface area is 170 Å². The van der Waals surface area contributed by atoms with Crippen LogP contribution < -0.4 is 10.1 Å². The third-order valence-corrected chi connectivity index (χ3v) is 4.42. The van der Waals surface area contributed by atoms with Crippen molar-refractivity contribution in [2.75, 3.05) is 12.4 Å². The Balaban J connectivity index is 1.44. The number of rotatable bonds is 8.